The van der Waals surface area contributed by atoms with Crippen molar-refractivity contribution < 1.29 is 4.92 Å². The number of hydrogen-bond donors (Lipinski definition) is 2. The molecule has 0 fully saturated rings. The summed E-state index contributed by atoms with van der Waals surface area (Å²) in [6.07, 6.45) is 1.66. The molecule has 0 radical (unpaired) electrons. The topological polar surface area (TPSA) is 125 Å². The molecule has 2 aromatic heterocycles. The Kier molecular flexibility index (Phi) is 3.53. The summed E-state index contributed by atoms with van der Waals surface area (Å²) in [7, 11) is 0. The molecular formula is C12H11N7O2S. The number of hydrogen-bond acceptors (Lipinski definition) is 8. The average Bonchev–Trinajstić information content (AvgIpc) is 3.13. The van der Waals surface area contributed by atoms with Gasteiger partial charge in [0.05, 0.1) is 21.2 Å². The predicted octanol–water partition coefficient (Wildman–Crippen LogP) is 1.89. The van der Waals surface area contributed by atoms with Crippen molar-refractivity contribution in [1.29, 1.82) is 0 Å². The number of anilines is 1. The van der Waals surface area contributed by atoms with Gasteiger partial charge < -0.3 is 0 Å². The van der Waals surface area contributed by atoms with Gasteiger partial charge in [-0.25, -0.2) is 15.5 Å². The summed E-state index contributed by atoms with van der Waals surface area (Å²) in [6, 6.07) is 6.12. The zero-order valence-electron chi connectivity index (χ0n) is 11.4. The Hall–Kier alpha value is -2.85. The van der Waals surface area contributed by atoms with Crippen molar-refractivity contribution in [1.82, 2.24) is 20.0 Å². The summed E-state index contributed by atoms with van der Waals surface area (Å²) in [5.41, 5.74) is 4.71. The molecule has 2 heterocycles. The number of hydrazine groups is 1. The van der Waals surface area contributed by atoms with Crippen LogP contribution in [-0.2, 0) is 0 Å². The van der Waals surface area contributed by atoms with Gasteiger partial charge in [-0.2, -0.15) is 0 Å². The number of nitrogen functional groups attached to an aromatic ring is 1. The number of non-ortho nitro benzene ring substituents is 1. The normalized spacial score (nSPS) is 10.6. The van der Waals surface area contributed by atoms with E-state index in [9.17, 15) is 10.1 Å². The number of nitro benzene ring substituents is 1. The van der Waals surface area contributed by atoms with E-state index >= 15 is 0 Å². The first kappa shape index (κ1) is 14.1. The van der Waals surface area contributed by atoms with Crippen LogP contribution in [-0.4, -0.2) is 24.9 Å². The molecule has 0 aliphatic rings. The van der Waals surface area contributed by atoms with Gasteiger partial charge in [-0.1, -0.05) is 16.6 Å². The number of thiazole rings is 1. The van der Waals surface area contributed by atoms with E-state index in [2.05, 4.69) is 20.7 Å². The lowest BCUT2D eigenvalue weighted by Gasteiger charge is -2.02. The smallest absolute Gasteiger partial charge is 0.269 e. The van der Waals surface area contributed by atoms with Gasteiger partial charge >= 0.3 is 0 Å². The molecule has 0 saturated heterocycles. The summed E-state index contributed by atoms with van der Waals surface area (Å²) in [5, 5.41) is 19.5. The first-order chi connectivity index (χ1) is 10.6. The average molecular weight is 317 g/mol. The lowest BCUT2D eigenvalue weighted by Crippen LogP contribution is -2.05. The molecule has 3 N–H and O–H groups in total. The standard InChI is InChI=1S/C12H11N7O2S/c1-7-11(10-6-14-12(15-13)22-10)16-17-18(7)8-2-4-9(5-3-8)19(20)21/h2-6H,13H2,1H3,(H,14,15). The monoisotopic (exact) mass is 317 g/mol. The van der Waals surface area contributed by atoms with Crippen molar-refractivity contribution >= 4 is 22.2 Å². The molecular weight excluding hydrogens is 306 g/mol. The molecule has 22 heavy (non-hydrogen) atoms. The molecule has 0 aliphatic heterocycles. The largest absolute Gasteiger partial charge is 0.300 e. The fourth-order valence-electron chi connectivity index (χ4n) is 1.97. The number of nitrogens with two attached hydrogens (primary N) is 1. The van der Waals surface area contributed by atoms with Gasteiger partial charge in [0.25, 0.3) is 5.69 Å². The van der Waals surface area contributed by atoms with Gasteiger partial charge in [-0.05, 0) is 19.1 Å². The van der Waals surface area contributed by atoms with Crippen LogP contribution in [0.2, 0.25) is 0 Å². The van der Waals surface area contributed by atoms with E-state index in [1.165, 1.54) is 23.5 Å². The molecule has 0 saturated carbocycles. The van der Waals surface area contributed by atoms with E-state index in [1.807, 2.05) is 6.92 Å². The Morgan fingerprint density at radius 1 is 1.36 bits per heavy atom. The van der Waals surface area contributed by atoms with E-state index in [1.54, 1.807) is 23.0 Å². The summed E-state index contributed by atoms with van der Waals surface area (Å²) >= 11 is 1.36. The molecule has 9 nitrogen and oxygen atoms in total. The van der Waals surface area contributed by atoms with E-state index in [4.69, 9.17) is 5.84 Å². The van der Waals surface area contributed by atoms with Gasteiger partial charge in [-0.3, -0.25) is 15.5 Å². The minimum atomic E-state index is -0.442. The van der Waals surface area contributed by atoms with Crippen LogP contribution in [0.25, 0.3) is 16.3 Å². The number of benzene rings is 1. The van der Waals surface area contributed by atoms with Gasteiger partial charge in [0.2, 0.25) is 0 Å². The van der Waals surface area contributed by atoms with Crippen molar-refractivity contribution in [3.05, 3.63) is 46.3 Å². The fraction of sp³-hybridized carbons (Fsp3) is 0.0833. The van der Waals surface area contributed by atoms with E-state index in [0.29, 0.717) is 16.5 Å². The Labute approximate surface area is 128 Å². The van der Waals surface area contributed by atoms with Crippen LogP contribution in [0.15, 0.2) is 30.5 Å². The maximum Gasteiger partial charge on any atom is 0.269 e. The molecule has 3 rings (SSSR count). The third-order valence-corrected chi connectivity index (χ3v) is 4.00. The maximum atomic E-state index is 10.7. The van der Waals surface area contributed by atoms with Gasteiger partial charge in [0, 0.05) is 18.3 Å². The second-order valence-corrected chi connectivity index (χ2v) is 5.41. The van der Waals surface area contributed by atoms with Crippen LogP contribution >= 0.6 is 11.3 Å². The summed E-state index contributed by atoms with van der Waals surface area (Å²) in [5.74, 6) is 5.32. The molecule has 0 bridgehead atoms. The van der Waals surface area contributed by atoms with Crippen LogP contribution in [0.3, 0.4) is 0 Å². The van der Waals surface area contributed by atoms with E-state index < -0.39 is 4.92 Å². The molecule has 0 aliphatic carbocycles. The third kappa shape index (κ3) is 2.40. The zero-order chi connectivity index (χ0) is 15.7. The third-order valence-electron chi connectivity index (χ3n) is 3.06. The highest BCUT2D eigenvalue weighted by Crippen LogP contribution is 2.30. The number of nitro groups is 1. The summed E-state index contributed by atoms with van der Waals surface area (Å²) in [4.78, 5) is 15.2. The molecule has 10 heteroatoms. The summed E-state index contributed by atoms with van der Waals surface area (Å²) in [6.45, 7) is 1.87. The lowest BCUT2D eigenvalue weighted by molar-refractivity contribution is -0.384. The van der Waals surface area contributed by atoms with Crippen molar-refractivity contribution in [2.75, 3.05) is 5.43 Å². The van der Waals surface area contributed by atoms with E-state index in [-0.39, 0.29) is 5.69 Å². The van der Waals surface area contributed by atoms with Crippen LogP contribution in [0.4, 0.5) is 10.8 Å². The molecule has 0 atom stereocenters. The van der Waals surface area contributed by atoms with Crippen molar-refractivity contribution in [2.24, 2.45) is 5.84 Å². The Morgan fingerprint density at radius 2 is 2.09 bits per heavy atom. The molecule has 0 unspecified atom stereocenters. The molecule has 112 valence electrons. The highest BCUT2D eigenvalue weighted by molar-refractivity contribution is 7.18. The molecule has 3 aromatic rings. The highest BCUT2D eigenvalue weighted by Gasteiger charge is 2.15. The predicted molar refractivity (Wildman–Crippen MR) is 81.7 cm³/mol. The van der Waals surface area contributed by atoms with Crippen LogP contribution in [0.5, 0.6) is 0 Å². The number of rotatable bonds is 4. The van der Waals surface area contributed by atoms with Gasteiger partial charge in [0.1, 0.15) is 5.69 Å². The minimum Gasteiger partial charge on any atom is -0.300 e. The van der Waals surface area contributed by atoms with E-state index in [0.717, 1.165) is 10.6 Å². The van der Waals surface area contributed by atoms with Crippen molar-refractivity contribution in [3.63, 3.8) is 0 Å². The molecule has 0 spiro atoms. The number of nitrogens with zero attached hydrogens (tertiary/aromatic N) is 5. The van der Waals surface area contributed by atoms with Crippen LogP contribution < -0.4 is 11.3 Å². The van der Waals surface area contributed by atoms with Gasteiger partial charge in [-0.15, -0.1) is 5.10 Å². The minimum absolute atomic E-state index is 0.0304. The Morgan fingerprint density at radius 3 is 2.68 bits per heavy atom. The second kappa shape index (κ2) is 5.50. The van der Waals surface area contributed by atoms with Crippen LogP contribution in [0, 0.1) is 17.0 Å². The maximum absolute atomic E-state index is 10.7. The van der Waals surface area contributed by atoms with Crippen molar-refractivity contribution in [2.45, 2.75) is 6.92 Å². The Balaban J connectivity index is 1.97. The fourth-order valence-corrected chi connectivity index (χ4v) is 2.73. The molecule has 0 amide bonds. The highest BCUT2D eigenvalue weighted by atomic mass is 32.1. The first-order valence-corrected chi connectivity index (χ1v) is 7.01. The van der Waals surface area contributed by atoms with Crippen LogP contribution in [0.1, 0.15) is 5.69 Å². The second-order valence-electron chi connectivity index (χ2n) is 4.38. The molecule has 1 aromatic carbocycles. The lowest BCUT2D eigenvalue weighted by atomic mass is 10.2. The Bertz CT molecular complexity index is 824. The number of aromatic nitrogens is 4. The van der Waals surface area contributed by atoms with Gasteiger partial charge in [0.15, 0.2) is 5.13 Å². The van der Waals surface area contributed by atoms with Crippen molar-refractivity contribution in [3.8, 4) is 16.3 Å². The quantitative estimate of drug-likeness (QED) is 0.427. The zero-order valence-corrected chi connectivity index (χ0v) is 12.2. The SMILES string of the molecule is Cc1c(-c2cnc(NN)s2)nnn1-c1ccc([N+](=O)[O-])cc1. The summed E-state index contributed by atoms with van der Waals surface area (Å²) < 4.78 is 1.62. The first-order valence-electron chi connectivity index (χ1n) is 6.20. The number of nitrogens with one attached hydrogen (secondary N) is 1.